The summed E-state index contributed by atoms with van der Waals surface area (Å²) in [5.41, 5.74) is 7.23. The molecule has 0 spiro atoms. The molecular weight excluding hydrogens is 278 g/mol. The first-order valence-corrected chi connectivity index (χ1v) is 6.67. The number of aryl methyl sites for hydroxylation is 1. The molecule has 1 aromatic heterocycles. The molecule has 0 bridgehead atoms. The summed E-state index contributed by atoms with van der Waals surface area (Å²) >= 11 is 6.08. The minimum atomic E-state index is 0.235. The van der Waals surface area contributed by atoms with Crippen LogP contribution in [0.1, 0.15) is 18.9 Å². The van der Waals surface area contributed by atoms with Gasteiger partial charge in [-0.3, -0.25) is 0 Å². The Kier molecular flexibility index (Phi) is 4.63. The minimum Gasteiger partial charge on any atom is -0.476 e. The highest BCUT2D eigenvalue weighted by Crippen LogP contribution is 2.34. The maximum absolute atomic E-state index is 6.08. The zero-order valence-corrected chi connectivity index (χ0v) is 12.1. The van der Waals surface area contributed by atoms with Crippen molar-refractivity contribution in [2.45, 2.75) is 20.3 Å². The Labute approximate surface area is 122 Å². The fourth-order valence-electron chi connectivity index (χ4n) is 1.55. The number of ether oxygens (including phenoxy) is 2. The highest BCUT2D eigenvalue weighted by atomic mass is 35.5. The number of aromatic nitrogens is 2. The van der Waals surface area contributed by atoms with Crippen molar-refractivity contribution in [3.8, 4) is 17.5 Å². The molecule has 20 heavy (non-hydrogen) atoms. The maximum atomic E-state index is 6.08. The standard InChI is InChI=1S/C14H16ClN3O2/c1-3-6-19-13-12(16)14(18-8-17-13)20-11-7-9(2)4-5-10(11)15/h4-5,7-8H,3,6,16H2,1-2H3. The van der Waals surface area contributed by atoms with E-state index in [1.54, 1.807) is 6.07 Å². The fraction of sp³-hybridized carbons (Fsp3) is 0.286. The molecule has 2 rings (SSSR count). The van der Waals surface area contributed by atoms with Crippen LogP contribution in [0.3, 0.4) is 0 Å². The van der Waals surface area contributed by atoms with Gasteiger partial charge in [0.05, 0.1) is 11.6 Å². The third-order valence-corrected chi connectivity index (χ3v) is 2.86. The Bertz CT molecular complexity index is 605. The minimum absolute atomic E-state index is 0.235. The fourth-order valence-corrected chi connectivity index (χ4v) is 1.71. The lowest BCUT2D eigenvalue weighted by molar-refractivity contribution is 0.304. The predicted molar refractivity (Wildman–Crippen MR) is 78.5 cm³/mol. The lowest BCUT2D eigenvalue weighted by Gasteiger charge is -2.11. The van der Waals surface area contributed by atoms with E-state index in [1.165, 1.54) is 6.33 Å². The van der Waals surface area contributed by atoms with Crippen LogP contribution in [-0.4, -0.2) is 16.6 Å². The van der Waals surface area contributed by atoms with Crippen LogP contribution < -0.4 is 15.2 Å². The number of nitrogens with two attached hydrogens (primary N) is 1. The molecule has 5 nitrogen and oxygen atoms in total. The van der Waals surface area contributed by atoms with Crippen LogP contribution in [0, 0.1) is 6.92 Å². The predicted octanol–water partition coefficient (Wildman–Crippen LogP) is 3.60. The molecule has 0 fully saturated rings. The molecule has 0 aliphatic rings. The van der Waals surface area contributed by atoms with Gasteiger partial charge in [0, 0.05) is 0 Å². The molecule has 1 aromatic carbocycles. The van der Waals surface area contributed by atoms with Gasteiger partial charge in [-0.05, 0) is 31.0 Å². The van der Waals surface area contributed by atoms with Crippen LogP contribution in [0.4, 0.5) is 5.69 Å². The van der Waals surface area contributed by atoms with Gasteiger partial charge in [-0.25, -0.2) is 0 Å². The summed E-state index contributed by atoms with van der Waals surface area (Å²) in [6, 6.07) is 5.48. The highest BCUT2D eigenvalue weighted by molar-refractivity contribution is 6.32. The van der Waals surface area contributed by atoms with Gasteiger partial charge in [-0.1, -0.05) is 24.6 Å². The lowest BCUT2D eigenvalue weighted by Crippen LogP contribution is -2.04. The largest absolute Gasteiger partial charge is 0.476 e. The number of benzene rings is 1. The molecule has 0 amide bonds. The van der Waals surface area contributed by atoms with Crippen LogP contribution in [-0.2, 0) is 0 Å². The van der Waals surface area contributed by atoms with Crippen molar-refractivity contribution in [1.82, 2.24) is 9.97 Å². The first-order valence-electron chi connectivity index (χ1n) is 6.29. The summed E-state index contributed by atoms with van der Waals surface area (Å²) in [5, 5.41) is 0.490. The molecule has 0 aliphatic heterocycles. The number of anilines is 1. The number of nitrogen functional groups attached to an aromatic ring is 1. The molecular formula is C14H16ClN3O2. The second-order valence-electron chi connectivity index (χ2n) is 4.28. The number of hydrogen-bond acceptors (Lipinski definition) is 5. The lowest BCUT2D eigenvalue weighted by atomic mass is 10.2. The Morgan fingerprint density at radius 3 is 2.75 bits per heavy atom. The Balaban J connectivity index is 2.27. The number of halogens is 1. The van der Waals surface area contributed by atoms with Crippen LogP contribution in [0.5, 0.6) is 17.5 Å². The number of nitrogens with zero attached hydrogens (tertiary/aromatic N) is 2. The van der Waals surface area contributed by atoms with Crippen LogP contribution >= 0.6 is 11.6 Å². The molecule has 0 radical (unpaired) electrons. The number of hydrogen-bond donors (Lipinski definition) is 1. The van der Waals surface area contributed by atoms with Crippen molar-refractivity contribution in [3.63, 3.8) is 0 Å². The average molecular weight is 294 g/mol. The molecule has 0 aliphatic carbocycles. The van der Waals surface area contributed by atoms with Crippen LogP contribution in [0.25, 0.3) is 0 Å². The third-order valence-electron chi connectivity index (χ3n) is 2.55. The van der Waals surface area contributed by atoms with E-state index in [-0.39, 0.29) is 11.6 Å². The van der Waals surface area contributed by atoms with Crippen LogP contribution in [0.15, 0.2) is 24.5 Å². The van der Waals surface area contributed by atoms with E-state index in [9.17, 15) is 0 Å². The van der Waals surface area contributed by atoms with E-state index in [0.717, 1.165) is 12.0 Å². The molecule has 0 saturated carbocycles. The van der Waals surface area contributed by atoms with E-state index in [0.29, 0.717) is 23.3 Å². The van der Waals surface area contributed by atoms with Crippen molar-refractivity contribution in [3.05, 3.63) is 35.1 Å². The third kappa shape index (κ3) is 3.30. The van der Waals surface area contributed by atoms with Crippen molar-refractivity contribution in [2.75, 3.05) is 12.3 Å². The zero-order valence-electron chi connectivity index (χ0n) is 11.4. The van der Waals surface area contributed by atoms with E-state index in [2.05, 4.69) is 9.97 Å². The molecule has 2 N–H and O–H groups in total. The molecule has 0 saturated heterocycles. The molecule has 6 heteroatoms. The van der Waals surface area contributed by atoms with E-state index in [1.807, 2.05) is 26.0 Å². The zero-order chi connectivity index (χ0) is 14.5. The molecule has 1 heterocycles. The van der Waals surface area contributed by atoms with Gasteiger partial charge in [-0.15, -0.1) is 0 Å². The van der Waals surface area contributed by atoms with E-state index >= 15 is 0 Å². The summed E-state index contributed by atoms with van der Waals surface area (Å²) in [7, 11) is 0. The first kappa shape index (κ1) is 14.4. The molecule has 0 atom stereocenters. The SMILES string of the molecule is CCCOc1ncnc(Oc2cc(C)ccc2Cl)c1N. The monoisotopic (exact) mass is 293 g/mol. The van der Waals surface area contributed by atoms with Gasteiger partial charge < -0.3 is 15.2 Å². The van der Waals surface area contributed by atoms with Gasteiger partial charge in [0.2, 0.25) is 11.8 Å². The van der Waals surface area contributed by atoms with Crippen molar-refractivity contribution < 1.29 is 9.47 Å². The number of rotatable bonds is 5. The molecule has 0 unspecified atom stereocenters. The quantitative estimate of drug-likeness (QED) is 0.912. The van der Waals surface area contributed by atoms with Gasteiger partial charge >= 0.3 is 0 Å². The topological polar surface area (TPSA) is 70.3 Å². The summed E-state index contributed by atoms with van der Waals surface area (Å²) in [6.07, 6.45) is 2.21. The summed E-state index contributed by atoms with van der Waals surface area (Å²) in [6.45, 7) is 4.48. The van der Waals surface area contributed by atoms with E-state index < -0.39 is 0 Å². The van der Waals surface area contributed by atoms with Gasteiger partial charge in [0.25, 0.3) is 0 Å². The molecule has 2 aromatic rings. The van der Waals surface area contributed by atoms with E-state index in [4.69, 9.17) is 26.8 Å². The molecule has 106 valence electrons. The maximum Gasteiger partial charge on any atom is 0.249 e. The Hall–Kier alpha value is -2.01. The summed E-state index contributed by atoms with van der Waals surface area (Å²) in [5.74, 6) is 1.05. The average Bonchev–Trinajstić information content (AvgIpc) is 2.44. The first-order chi connectivity index (χ1) is 9.61. The second kappa shape index (κ2) is 6.43. The van der Waals surface area contributed by atoms with Gasteiger partial charge in [-0.2, -0.15) is 9.97 Å². The Morgan fingerprint density at radius 2 is 2.00 bits per heavy atom. The Morgan fingerprint density at radius 1 is 1.25 bits per heavy atom. The van der Waals surface area contributed by atoms with Crippen molar-refractivity contribution >= 4 is 17.3 Å². The van der Waals surface area contributed by atoms with Gasteiger partial charge in [0.1, 0.15) is 12.1 Å². The van der Waals surface area contributed by atoms with Crippen molar-refractivity contribution in [2.24, 2.45) is 0 Å². The van der Waals surface area contributed by atoms with Gasteiger partial charge in [0.15, 0.2) is 5.69 Å². The highest BCUT2D eigenvalue weighted by Gasteiger charge is 2.13. The normalized spacial score (nSPS) is 10.3. The van der Waals surface area contributed by atoms with Crippen LogP contribution in [0.2, 0.25) is 5.02 Å². The summed E-state index contributed by atoms with van der Waals surface area (Å²) in [4.78, 5) is 8.00. The second-order valence-corrected chi connectivity index (χ2v) is 4.69. The smallest absolute Gasteiger partial charge is 0.249 e. The summed E-state index contributed by atoms with van der Waals surface area (Å²) < 4.78 is 11.1. The van der Waals surface area contributed by atoms with Crippen molar-refractivity contribution in [1.29, 1.82) is 0 Å².